The minimum Gasteiger partial charge on any atom is -0.355 e. The number of hydrogen-bond acceptors (Lipinski definition) is 4. The second kappa shape index (κ2) is 7.31. The van der Waals surface area contributed by atoms with Gasteiger partial charge in [-0.1, -0.05) is 0 Å². The van der Waals surface area contributed by atoms with Crippen molar-refractivity contribution in [2.24, 2.45) is 0 Å². The van der Waals surface area contributed by atoms with Gasteiger partial charge >= 0.3 is 0 Å². The van der Waals surface area contributed by atoms with Crippen molar-refractivity contribution in [1.29, 1.82) is 0 Å². The molecular formula is C22H23FN6. The van der Waals surface area contributed by atoms with Crippen LogP contribution in [0.4, 0.5) is 10.2 Å². The molecule has 1 aliphatic rings. The standard InChI is InChI=1S/C22H23FN6/c1-2-28-15-17(14-24-28)20-5-6-22(26-25-20)27-10-8-19(9-11-27)29-12-7-16-3-4-18(23)13-21(16)29/h3-7,12-15,19H,2,8-11H2,1H3. The number of benzene rings is 1. The van der Waals surface area contributed by atoms with Crippen molar-refractivity contribution in [3.05, 3.63) is 60.8 Å². The van der Waals surface area contributed by atoms with Crippen LogP contribution in [0.15, 0.2) is 55.0 Å². The van der Waals surface area contributed by atoms with Gasteiger partial charge in [-0.15, -0.1) is 10.2 Å². The zero-order valence-electron chi connectivity index (χ0n) is 16.4. The first-order chi connectivity index (χ1) is 14.2. The molecule has 0 radical (unpaired) electrons. The van der Waals surface area contributed by atoms with E-state index in [0.29, 0.717) is 6.04 Å². The van der Waals surface area contributed by atoms with Crippen molar-refractivity contribution in [3.8, 4) is 11.3 Å². The Morgan fingerprint density at radius 2 is 1.93 bits per heavy atom. The summed E-state index contributed by atoms with van der Waals surface area (Å²) in [5, 5.41) is 14.2. The molecule has 1 aliphatic heterocycles. The maximum atomic E-state index is 13.7. The van der Waals surface area contributed by atoms with Crippen molar-refractivity contribution in [3.63, 3.8) is 0 Å². The largest absolute Gasteiger partial charge is 0.355 e. The Balaban J connectivity index is 1.28. The van der Waals surface area contributed by atoms with E-state index in [2.05, 4.69) is 44.0 Å². The summed E-state index contributed by atoms with van der Waals surface area (Å²) in [7, 11) is 0. The van der Waals surface area contributed by atoms with Crippen LogP contribution in [0.3, 0.4) is 0 Å². The van der Waals surface area contributed by atoms with E-state index in [0.717, 1.165) is 60.5 Å². The molecule has 4 aromatic rings. The van der Waals surface area contributed by atoms with Gasteiger partial charge in [-0.25, -0.2) is 4.39 Å². The highest BCUT2D eigenvalue weighted by atomic mass is 19.1. The van der Waals surface area contributed by atoms with E-state index in [1.54, 1.807) is 6.07 Å². The van der Waals surface area contributed by atoms with E-state index in [-0.39, 0.29) is 5.82 Å². The molecule has 0 spiro atoms. The van der Waals surface area contributed by atoms with Crippen LogP contribution in [0.25, 0.3) is 22.2 Å². The quantitative estimate of drug-likeness (QED) is 0.521. The minimum atomic E-state index is -0.185. The van der Waals surface area contributed by atoms with Crippen LogP contribution in [-0.2, 0) is 6.54 Å². The summed E-state index contributed by atoms with van der Waals surface area (Å²) in [4.78, 5) is 2.27. The zero-order chi connectivity index (χ0) is 19.8. The third-order valence-corrected chi connectivity index (χ3v) is 5.77. The molecule has 0 atom stereocenters. The second-order valence-corrected chi connectivity index (χ2v) is 7.51. The van der Waals surface area contributed by atoms with Gasteiger partial charge in [-0.2, -0.15) is 5.10 Å². The number of fused-ring (bicyclic) bond motifs is 1. The van der Waals surface area contributed by atoms with Crippen LogP contribution in [0.1, 0.15) is 25.8 Å². The molecule has 0 N–H and O–H groups in total. The number of hydrogen-bond donors (Lipinski definition) is 0. The molecule has 0 bridgehead atoms. The Hall–Kier alpha value is -3.22. The average Bonchev–Trinajstić information content (AvgIpc) is 3.41. The van der Waals surface area contributed by atoms with Gasteiger partial charge in [-0.05, 0) is 61.5 Å². The highest BCUT2D eigenvalue weighted by Gasteiger charge is 2.22. The molecule has 0 aliphatic carbocycles. The lowest BCUT2D eigenvalue weighted by molar-refractivity contribution is 0.403. The number of aromatic nitrogens is 5. The maximum Gasteiger partial charge on any atom is 0.151 e. The third kappa shape index (κ3) is 3.37. The van der Waals surface area contributed by atoms with Crippen LogP contribution < -0.4 is 4.90 Å². The topological polar surface area (TPSA) is 51.8 Å². The van der Waals surface area contributed by atoms with E-state index in [1.807, 2.05) is 35.3 Å². The van der Waals surface area contributed by atoms with Gasteiger partial charge in [0.05, 0.1) is 17.4 Å². The number of rotatable bonds is 4. The molecular weight excluding hydrogens is 367 g/mol. The predicted octanol–water partition coefficient (Wildman–Crippen LogP) is 4.30. The minimum absolute atomic E-state index is 0.185. The molecule has 0 unspecified atom stereocenters. The Labute approximate surface area is 168 Å². The van der Waals surface area contributed by atoms with Gasteiger partial charge in [0.2, 0.25) is 0 Å². The Morgan fingerprint density at radius 1 is 1.07 bits per heavy atom. The first-order valence-electron chi connectivity index (χ1n) is 10.1. The molecule has 29 heavy (non-hydrogen) atoms. The van der Waals surface area contributed by atoms with Gasteiger partial charge in [0.25, 0.3) is 0 Å². The van der Waals surface area contributed by atoms with E-state index in [4.69, 9.17) is 0 Å². The summed E-state index contributed by atoms with van der Waals surface area (Å²) in [5.74, 6) is 0.716. The molecule has 3 aromatic heterocycles. The van der Waals surface area contributed by atoms with Crippen molar-refractivity contribution >= 4 is 16.7 Å². The Morgan fingerprint density at radius 3 is 2.66 bits per heavy atom. The van der Waals surface area contributed by atoms with E-state index >= 15 is 0 Å². The lowest BCUT2D eigenvalue weighted by atomic mass is 10.0. The number of nitrogens with zero attached hydrogens (tertiary/aromatic N) is 6. The Kier molecular flexibility index (Phi) is 4.50. The first kappa shape index (κ1) is 17.8. The molecule has 1 aromatic carbocycles. The summed E-state index contributed by atoms with van der Waals surface area (Å²) in [6.07, 6.45) is 7.87. The fourth-order valence-corrected chi connectivity index (χ4v) is 4.13. The first-order valence-corrected chi connectivity index (χ1v) is 10.1. The molecule has 1 saturated heterocycles. The van der Waals surface area contributed by atoms with E-state index in [9.17, 15) is 4.39 Å². The van der Waals surface area contributed by atoms with Crippen molar-refractivity contribution < 1.29 is 4.39 Å². The van der Waals surface area contributed by atoms with Crippen LogP contribution >= 0.6 is 0 Å². The predicted molar refractivity (Wildman–Crippen MR) is 111 cm³/mol. The van der Waals surface area contributed by atoms with Crippen molar-refractivity contribution in [2.75, 3.05) is 18.0 Å². The highest BCUT2D eigenvalue weighted by molar-refractivity contribution is 5.80. The highest BCUT2D eigenvalue weighted by Crippen LogP contribution is 2.30. The van der Waals surface area contributed by atoms with Crippen LogP contribution in [0, 0.1) is 5.82 Å². The van der Waals surface area contributed by atoms with Crippen LogP contribution in [0.2, 0.25) is 0 Å². The van der Waals surface area contributed by atoms with Crippen molar-refractivity contribution in [2.45, 2.75) is 32.4 Å². The van der Waals surface area contributed by atoms with Gasteiger partial charge in [0.1, 0.15) is 5.82 Å². The molecule has 0 saturated carbocycles. The summed E-state index contributed by atoms with van der Waals surface area (Å²) >= 11 is 0. The summed E-state index contributed by atoms with van der Waals surface area (Å²) in [6.45, 7) is 4.70. The zero-order valence-corrected chi connectivity index (χ0v) is 16.4. The average molecular weight is 390 g/mol. The van der Waals surface area contributed by atoms with Gasteiger partial charge in [0.15, 0.2) is 5.82 Å². The van der Waals surface area contributed by atoms with E-state index in [1.165, 1.54) is 6.07 Å². The molecule has 1 fully saturated rings. The Bertz CT molecular complexity index is 1120. The maximum absolute atomic E-state index is 13.7. The number of anilines is 1. The van der Waals surface area contributed by atoms with Crippen LogP contribution in [0.5, 0.6) is 0 Å². The molecule has 5 rings (SSSR count). The number of halogens is 1. The van der Waals surface area contributed by atoms with Gasteiger partial charge in [0, 0.05) is 43.6 Å². The fourth-order valence-electron chi connectivity index (χ4n) is 4.13. The van der Waals surface area contributed by atoms with Gasteiger partial charge in [-0.3, -0.25) is 4.68 Å². The molecule has 4 heterocycles. The monoisotopic (exact) mass is 390 g/mol. The summed E-state index contributed by atoms with van der Waals surface area (Å²) in [5.41, 5.74) is 2.79. The molecule has 6 nitrogen and oxygen atoms in total. The molecule has 0 amide bonds. The van der Waals surface area contributed by atoms with Crippen molar-refractivity contribution in [1.82, 2.24) is 24.5 Å². The normalized spacial score (nSPS) is 15.3. The third-order valence-electron chi connectivity index (χ3n) is 5.77. The van der Waals surface area contributed by atoms with Crippen LogP contribution in [-0.4, -0.2) is 37.6 Å². The molecule has 148 valence electrons. The lowest BCUT2D eigenvalue weighted by Gasteiger charge is -2.33. The van der Waals surface area contributed by atoms with E-state index < -0.39 is 0 Å². The smallest absolute Gasteiger partial charge is 0.151 e. The number of piperidine rings is 1. The fraction of sp³-hybridized carbons (Fsp3) is 0.318. The molecule has 7 heteroatoms. The number of aryl methyl sites for hydroxylation is 1. The SMILES string of the molecule is CCn1cc(-c2ccc(N3CCC(n4ccc5ccc(F)cc54)CC3)nn2)cn1. The lowest BCUT2D eigenvalue weighted by Crippen LogP contribution is -2.35. The summed E-state index contributed by atoms with van der Waals surface area (Å²) in [6, 6.07) is 11.5. The van der Waals surface area contributed by atoms with Gasteiger partial charge < -0.3 is 9.47 Å². The summed E-state index contributed by atoms with van der Waals surface area (Å²) < 4.78 is 17.8. The second-order valence-electron chi connectivity index (χ2n) is 7.51.